The summed E-state index contributed by atoms with van der Waals surface area (Å²) in [5.74, 6) is 0. The number of rotatable bonds is 2. The molecule has 1 aliphatic rings. The van der Waals surface area contributed by atoms with E-state index in [9.17, 15) is 18.0 Å². The number of carbonyl (C=O) groups is 1. The minimum Gasteiger partial charge on any atom is -0.382 e. The molecule has 1 saturated heterocycles. The van der Waals surface area contributed by atoms with Crippen molar-refractivity contribution < 1.29 is 23.1 Å². The maximum Gasteiger partial charge on any atom is 0.416 e. The summed E-state index contributed by atoms with van der Waals surface area (Å²) < 4.78 is 35.8. The monoisotopic (exact) mass is 212 g/mol. The van der Waals surface area contributed by atoms with Crippen LogP contribution in [-0.4, -0.2) is 48.0 Å². The van der Waals surface area contributed by atoms with Gasteiger partial charge in [-0.15, -0.1) is 0 Å². The van der Waals surface area contributed by atoms with Crippen molar-refractivity contribution in [2.45, 2.75) is 18.7 Å². The topological polar surface area (TPSA) is 52.6 Å². The molecule has 2 amide bonds. The van der Waals surface area contributed by atoms with E-state index in [1.807, 2.05) is 0 Å². The van der Waals surface area contributed by atoms with Gasteiger partial charge in [-0.2, -0.15) is 13.2 Å². The first-order chi connectivity index (χ1) is 6.41. The van der Waals surface area contributed by atoms with Crippen LogP contribution in [0.2, 0.25) is 0 Å². The normalized spacial score (nSPS) is 20.6. The fourth-order valence-corrected chi connectivity index (χ4v) is 1.17. The number of nitrogens with zero attached hydrogens (tertiary/aromatic N) is 1. The van der Waals surface area contributed by atoms with Gasteiger partial charge in [-0.3, -0.25) is 0 Å². The van der Waals surface area contributed by atoms with Gasteiger partial charge in [0.1, 0.15) is 0 Å². The molecule has 7 heteroatoms. The van der Waals surface area contributed by atoms with Gasteiger partial charge in [-0.05, 0) is 6.42 Å². The molecule has 0 aromatic heterocycles. The van der Waals surface area contributed by atoms with E-state index in [1.54, 1.807) is 0 Å². The fourth-order valence-electron chi connectivity index (χ4n) is 1.17. The van der Waals surface area contributed by atoms with Gasteiger partial charge in [0.05, 0.1) is 6.54 Å². The van der Waals surface area contributed by atoms with Crippen molar-refractivity contribution in [2.75, 3.05) is 19.6 Å². The summed E-state index contributed by atoms with van der Waals surface area (Å²) in [5.41, 5.74) is 0. The summed E-state index contributed by atoms with van der Waals surface area (Å²) in [7, 11) is 0. The van der Waals surface area contributed by atoms with Gasteiger partial charge in [-0.25, -0.2) is 4.79 Å². The summed E-state index contributed by atoms with van der Waals surface area (Å²) >= 11 is 0. The molecular formula is C7H11F3N2O2. The van der Waals surface area contributed by atoms with E-state index in [0.29, 0.717) is 13.0 Å². The molecule has 0 aromatic rings. The lowest BCUT2D eigenvalue weighted by Crippen LogP contribution is -2.51. The quantitative estimate of drug-likeness (QED) is 0.692. The summed E-state index contributed by atoms with van der Waals surface area (Å²) in [5, 5.41) is 11.1. The number of carbonyl (C=O) groups excluding carboxylic acids is 1. The average Bonchev–Trinajstić information content (AvgIpc) is 2.07. The van der Waals surface area contributed by atoms with Crippen molar-refractivity contribution in [3.63, 3.8) is 0 Å². The van der Waals surface area contributed by atoms with Crippen molar-refractivity contribution in [1.29, 1.82) is 0 Å². The zero-order chi connectivity index (χ0) is 10.8. The number of amides is 2. The number of hydrogen-bond acceptors (Lipinski definition) is 2. The zero-order valence-electron chi connectivity index (χ0n) is 7.34. The van der Waals surface area contributed by atoms with Crippen LogP contribution >= 0.6 is 0 Å². The van der Waals surface area contributed by atoms with Crippen LogP contribution in [-0.2, 0) is 0 Å². The first kappa shape index (κ1) is 11.1. The van der Waals surface area contributed by atoms with E-state index in [2.05, 4.69) is 5.32 Å². The van der Waals surface area contributed by atoms with Gasteiger partial charge in [-0.1, -0.05) is 0 Å². The highest BCUT2D eigenvalue weighted by molar-refractivity contribution is 5.74. The Bertz CT molecular complexity index is 219. The van der Waals surface area contributed by atoms with Crippen LogP contribution in [0.25, 0.3) is 0 Å². The molecule has 0 saturated carbocycles. The van der Waals surface area contributed by atoms with E-state index in [1.165, 1.54) is 0 Å². The molecule has 2 N–H and O–H groups in total. The van der Waals surface area contributed by atoms with Gasteiger partial charge in [0, 0.05) is 13.1 Å². The molecule has 0 spiro atoms. The minimum atomic E-state index is -4.67. The van der Waals surface area contributed by atoms with E-state index >= 15 is 0 Å². The predicted octanol–water partition coefficient (Wildman–Crippen LogP) is 0.325. The van der Waals surface area contributed by atoms with Crippen molar-refractivity contribution in [3.8, 4) is 0 Å². The van der Waals surface area contributed by atoms with Crippen molar-refractivity contribution in [2.24, 2.45) is 0 Å². The van der Waals surface area contributed by atoms with Crippen LogP contribution in [0.5, 0.6) is 0 Å². The lowest BCUT2D eigenvalue weighted by molar-refractivity contribution is -0.206. The summed E-state index contributed by atoms with van der Waals surface area (Å²) in [6.07, 6.45) is -6.54. The number of halogens is 3. The van der Waals surface area contributed by atoms with Gasteiger partial charge in [0.2, 0.25) is 0 Å². The SMILES string of the molecule is O=C1NCCCN1CC(O)C(F)(F)F. The first-order valence-electron chi connectivity index (χ1n) is 4.19. The molecule has 4 nitrogen and oxygen atoms in total. The Morgan fingerprint density at radius 2 is 2.21 bits per heavy atom. The Balaban J connectivity index is 2.46. The number of aliphatic hydroxyl groups is 1. The number of nitrogens with one attached hydrogen (secondary N) is 1. The average molecular weight is 212 g/mol. The van der Waals surface area contributed by atoms with Gasteiger partial charge < -0.3 is 15.3 Å². The van der Waals surface area contributed by atoms with Crippen molar-refractivity contribution in [3.05, 3.63) is 0 Å². The predicted molar refractivity (Wildman–Crippen MR) is 41.7 cm³/mol. The number of hydrogen-bond donors (Lipinski definition) is 2. The number of alkyl halides is 3. The highest BCUT2D eigenvalue weighted by atomic mass is 19.4. The van der Waals surface area contributed by atoms with Gasteiger partial charge in [0.15, 0.2) is 6.10 Å². The second kappa shape index (κ2) is 4.04. The molecule has 14 heavy (non-hydrogen) atoms. The standard InChI is InChI=1S/C7H11F3N2O2/c8-7(9,10)5(13)4-12-3-1-2-11-6(12)14/h5,13H,1-4H2,(H,11,14). The molecule has 82 valence electrons. The molecule has 1 heterocycles. The van der Waals surface area contributed by atoms with Crippen LogP contribution in [0.4, 0.5) is 18.0 Å². The maximum atomic E-state index is 11.9. The summed E-state index contributed by atoms with van der Waals surface area (Å²) in [6, 6.07) is -0.556. The van der Waals surface area contributed by atoms with E-state index < -0.39 is 24.9 Å². The smallest absolute Gasteiger partial charge is 0.382 e. The van der Waals surface area contributed by atoms with Crippen LogP contribution in [0, 0.1) is 0 Å². The molecule has 0 radical (unpaired) electrons. The molecule has 1 fully saturated rings. The Morgan fingerprint density at radius 3 is 2.71 bits per heavy atom. The largest absolute Gasteiger partial charge is 0.416 e. The fraction of sp³-hybridized carbons (Fsp3) is 0.857. The number of urea groups is 1. The maximum absolute atomic E-state index is 11.9. The molecule has 0 bridgehead atoms. The van der Waals surface area contributed by atoms with Crippen molar-refractivity contribution >= 4 is 6.03 Å². The first-order valence-corrected chi connectivity index (χ1v) is 4.19. The van der Waals surface area contributed by atoms with Crippen molar-refractivity contribution in [1.82, 2.24) is 10.2 Å². The third-order valence-electron chi connectivity index (χ3n) is 1.94. The lowest BCUT2D eigenvalue weighted by atomic mass is 10.2. The number of β-amino-alcohol motifs (C(OH)–C–C–N with tert-alkyl or cyclic N) is 1. The van der Waals surface area contributed by atoms with E-state index in [4.69, 9.17) is 5.11 Å². The van der Waals surface area contributed by atoms with E-state index in [-0.39, 0.29) is 6.54 Å². The van der Waals surface area contributed by atoms with E-state index in [0.717, 1.165) is 4.90 Å². The van der Waals surface area contributed by atoms with Crippen LogP contribution in [0.15, 0.2) is 0 Å². The molecule has 1 unspecified atom stereocenters. The van der Waals surface area contributed by atoms with Crippen LogP contribution in [0.1, 0.15) is 6.42 Å². The Kier molecular flexibility index (Phi) is 3.20. The summed E-state index contributed by atoms with van der Waals surface area (Å²) in [4.78, 5) is 12.0. The Labute approximate surface area is 78.7 Å². The molecule has 0 aliphatic carbocycles. The van der Waals surface area contributed by atoms with Crippen LogP contribution < -0.4 is 5.32 Å². The second-order valence-corrected chi connectivity index (χ2v) is 3.09. The molecule has 0 aromatic carbocycles. The highest BCUT2D eigenvalue weighted by Crippen LogP contribution is 2.21. The third kappa shape index (κ3) is 2.76. The molecule has 1 rings (SSSR count). The third-order valence-corrected chi connectivity index (χ3v) is 1.94. The Morgan fingerprint density at radius 1 is 1.57 bits per heavy atom. The summed E-state index contributed by atoms with van der Waals surface area (Å²) in [6.45, 7) is 0.0196. The molecule has 1 atom stereocenters. The van der Waals surface area contributed by atoms with Crippen LogP contribution in [0.3, 0.4) is 0 Å². The molecular weight excluding hydrogens is 201 g/mol. The van der Waals surface area contributed by atoms with Gasteiger partial charge in [0.25, 0.3) is 0 Å². The molecule has 1 aliphatic heterocycles. The highest BCUT2D eigenvalue weighted by Gasteiger charge is 2.40. The number of aliphatic hydroxyl groups excluding tert-OH is 1. The minimum absolute atomic E-state index is 0.249. The zero-order valence-corrected chi connectivity index (χ0v) is 7.34. The Hall–Kier alpha value is -0.980. The van der Waals surface area contributed by atoms with Gasteiger partial charge >= 0.3 is 12.2 Å². The lowest BCUT2D eigenvalue weighted by Gasteiger charge is -2.29. The second-order valence-electron chi connectivity index (χ2n) is 3.09.